The van der Waals surface area contributed by atoms with Gasteiger partial charge in [0, 0.05) is 11.4 Å². The van der Waals surface area contributed by atoms with E-state index >= 15 is 0 Å². The number of guanidine groups is 1. The summed E-state index contributed by atoms with van der Waals surface area (Å²) in [5, 5.41) is 3.15. The summed E-state index contributed by atoms with van der Waals surface area (Å²) < 4.78 is 0. The van der Waals surface area contributed by atoms with Crippen LogP contribution >= 0.6 is 11.8 Å². The van der Waals surface area contributed by atoms with E-state index in [1.807, 2.05) is 0 Å². The maximum Gasteiger partial charge on any atom is 0.188 e. The van der Waals surface area contributed by atoms with Crippen molar-refractivity contribution in [2.45, 2.75) is 38.6 Å². The molecule has 0 aliphatic rings. The number of aryl methyl sites for hydroxylation is 1. The third-order valence-corrected chi connectivity index (χ3v) is 3.71. The quantitative estimate of drug-likeness (QED) is 0.478. The standard InChI is InChI=1S/C15H25N3S/c1-11(2)7-8-17-15(16)18-10-13-6-5-12(3)9-14(13)19-4/h5-6,9,11H,7-8,10H2,1-4H3,(H3,16,17,18). The lowest BCUT2D eigenvalue weighted by Crippen LogP contribution is -2.32. The molecule has 0 unspecified atom stereocenters. The van der Waals surface area contributed by atoms with Gasteiger partial charge < -0.3 is 11.1 Å². The second kappa shape index (κ2) is 8.10. The first kappa shape index (κ1) is 15.9. The van der Waals surface area contributed by atoms with E-state index in [1.54, 1.807) is 11.8 Å². The van der Waals surface area contributed by atoms with Crippen molar-refractivity contribution in [1.29, 1.82) is 0 Å². The highest BCUT2D eigenvalue weighted by atomic mass is 32.2. The molecule has 1 rings (SSSR count). The molecular formula is C15H25N3S. The van der Waals surface area contributed by atoms with Crippen molar-refractivity contribution in [1.82, 2.24) is 5.32 Å². The van der Waals surface area contributed by atoms with Crippen molar-refractivity contribution >= 4 is 17.7 Å². The van der Waals surface area contributed by atoms with Crippen LogP contribution in [0.5, 0.6) is 0 Å². The van der Waals surface area contributed by atoms with E-state index in [1.165, 1.54) is 16.0 Å². The molecule has 0 bridgehead atoms. The number of hydrogen-bond acceptors (Lipinski definition) is 2. The van der Waals surface area contributed by atoms with E-state index in [2.05, 4.69) is 55.5 Å². The minimum absolute atomic E-state index is 0.535. The van der Waals surface area contributed by atoms with Crippen molar-refractivity contribution < 1.29 is 0 Å². The molecule has 1 aromatic rings. The average molecular weight is 279 g/mol. The predicted octanol–water partition coefficient (Wildman–Crippen LogP) is 3.17. The van der Waals surface area contributed by atoms with Crippen LogP contribution in [-0.2, 0) is 6.54 Å². The zero-order valence-electron chi connectivity index (χ0n) is 12.4. The van der Waals surface area contributed by atoms with E-state index in [0.717, 1.165) is 13.0 Å². The molecule has 4 heteroatoms. The largest absolute Gasteiger partial charge is 0.370 e. The van der Waals surface area contributed by atoms with Crippen molar-refractivity contribution in [3.05, 3.63) is 29.3 Å². The van der Waals surface area contributed by atoms with Crippen LogP contribution in [0.4, 0.5) is 0 Å². The number of nitrogens with two attached hydrogens (primary N) is 1. The number of thioether (sulfide) groups is 1. The molecule has 0 amide bonds. The number of nitrogens with one attached hydrogen (secondary N) is 1. The molecule has 0 spiro atoms. The van der Waals surface area contributed by atoms with Gasteiger partial charge in [0.05, 0.1) is 6.54 Å². The van der Waals surface area contributed by atoms with Crippen molar-refractivity contribution in [3.8, 4) is 0 Å². The third-order valence-electron chi connectivity index (χ3n) is 2.89. The van der Waals surface area contributed by atoms with Gasteiger partial charge in [-0.2, -0.15) is 0 Å². The van der Waals surface area contributed by atoms with E-state index < -0.39 is 0 Å². The van der Waals surface area contributed by atoms with Gasteiger partial charge in [-0.15, -0.1) is 11.8 Å². The van der Waals surface area contributed by atoms with Gasteiger partial charge in [-0.25, -0.2) is 4.99 Å². The Bertz CT molecular complexity index is 427. The van der Waals surface area contributed by atoms with Crippen LogP contribution < -0.4 is 11.1 Å². The summed E-state index contributed by atoms with van der Waals surface area (Å²) in [5.41, 5.74) is 8.37. The normalized spacial score (nSPS) is 11.9. The highest BCUT2D eigenvalue weighted by Crippen LogP contribution is 2.22. The van der Waals surface area contributed by atoms with Crippen LogP contribution in [-0.4, -0.2) is 18.8 Å². The van der Waals surface area contributed by atoms with Crippen molar-refractivity contribution in [2.75, 3.05) is 12.8 Å². The Morgan fingerprint density at radius 1 is 1.42 bits per heavy atom. The SMILES string of the molecule is CSc1cc(C)ccc1CN=C(N)NCCC(C)C. The van der Waals surface area contributed by atoms with Gasteiger partial charge in [-0.05, 0) is 42.7 Å². The van der Waals surface area contributed by atoms with Crippen LogP contribution in [0.25, 0.3) is 0 Å². The maximum absolute atomic E-state index is 5.86. The first-order valence-corrected chi connectivity index (χ1v) is 7.92. The fourth-order valence-electron chi connectivity index (χ4n) is 1.70. The molecule has 1 aromatic carbocycles. The van der Waals surface area contributed by atoms with Crippen LogP contribution in [0.15, 0.2) is 28.1 Å². The highest BCUT2D eigenvalue weighted by molar-refractivity contribution is 7.98. The van der Waals surface area contributed by atoms with Gasteiger partial charge in [0.1, 0.15) is 0 Å². The summed E-state index contributed by atoms with van der Waals surface area (Å²) in [5.74, 6) is 1.22. The minimum atomic E-state index is 0.535. The Balaban J connectivity index is 2.55. The van der Waals surface area contributed by atoms with E-state index in [0.29, 0.717) is 18.4 Å². The Labute approximate surface area is 121 Å². The lowest BCUT2D eigenvalue weighted by atomic mass is 10.1. The second-order valence-electron chi connectivity index (χ2n) is 5.13. The molecule has 0 saturated heterocycles. The third kappa shape index (κ3) is 6.01. The monoisotopic (exact) mass is 279 g/mol. The van der Waals surface area contributed by atoms with Crippen molar-refractivity contribution in [3.63, 3.8) is 0 Å². The predicted molar refractivity (Wildman–Crippen MR) is 85.7 cm³/mol. The first-order valence-electron chi connectivity index (χ1n) is 6.70. The molecular weight excluding hydrogens is 254 g/mol. The van der Waals surface area contributed by atoms with Gasteiger partial charge in [0.2, 0.25) is 0 Å². The Kier molecular flexibility index (Phi) is 6.78. The van der Waals surface area contributed by atoms with Crippen LogP contribution in [0.2, 0.25) is 0 Å². The molecule has 0 aliphatic heterocycles. The van der Waals surface area contributed by atoms with Crippen LogP contribution in [0.3, 0.4) is 0 Å². The zero-order valence-corrected chi connectivity index (χ0v) is 13.2. The number of rotatable bonds is 6. The minimum Gasteiger partial charge on any atom is -0.370 e. The number of nitrogens with zero attached hydrogens (tertiary/aromatic N) is 1. The summed E-state index contributed by atoms with van der Waals surface area (Å²) in [6, 6.07) is 6.44. The molecule has 0 aromatic heterocycles. The summed E-state index contributed by atoms with van der Waals surface area (Å²) in [6.45, 7) is 8.03. The lowest BCUT2D eigenvalue weighted by Gasteiger charge is -2.09. The maximum atomic E-state index is 5.86. The number of aliphatic imine (C=N–C) groups is 1. The van der Waals surface area contributed by atoms with Gasteiger partial charge >= 0.3 is 0 Å². The van der Waals surface area contributed by atoms with E-state index in [4.69, 9.17) is 5.73 Å². The zero-order chi connectivity index (χ0) is 14.3. The topological polar surface area (TPSA) is 50.4 Å². The Morgan fingerprint density at radius 3 is 2.79 bits per heavy atom. The fraction of sp³-hybridized carbons (Fsp3) is 0.533. The van der Waals surface area contributed by atoms with Gasteiger partial charge in [0.15, 0.2) is 5.96 Å². The number of hydrogen-bond donors (Lipinski definition) is 2. The molecule has 0 atom stereocenters. The summed E-state index contributed by atoms with van der Waals surface area (Å²) in [6.07, 6.45) is 3.20. The van der Waals surface area contributed by atoms with Crippen LogP contribution in [0.1, 0.15) is 31.4 Å². The van der Waals surface area contributed by atoms with Gasteiger partial charge in [-0.1, -0.05) is 26.0 Å². The molecule has 0 saturated carbocycles. The lowest BCUT2D eigenvalue weighted by molar-refractivity contribution is 0.576. The molecule has 0 heterocycles. The van der Waals surface area contributed by atoms with E-state index in [-0.39, 0.29) is 0 Å². The molecule has 106 valence electrons. The molecule has 0 aliphatic carbocycles. The van der Waals surface area contributed by atoms with Crippen molar-refractivity contribution in [2.24, 2.45) is 16.6 Å². The Hall–Kier alpha value is -1.16. The fourth-order valence-corrected chi connectivity index (χ4v) is 2.40. The first-order chi connectivity index (χ1) is 9.02. The second-order valence-corrected chi connectivity index (χ2v) is 5.97. The number of benzene rings is 1. The van der Waals surface area contributed by atoms with Gasteiger partial charge in [0.25, 0.3) is 0 Å². The molecule has 19 heavy (non-hydrogen) atoms. The smallest absolute Gasteiger partial charge is 0.188 e. The molecule has 0 radical (unpaired) electrons. The molecule has 0 fully saturated rings. The van der Waals surface area contributed by atoms with Crippen LogP contribution in [0, 0.1) is 12.8 Å². The Morgan fingerprint density at radius 2 is 2.16 bits per heavy atom. The summed E-state index contributed by atoms with van der Waals surface area (Å²) in [7, 11) is 0. The molecule has 3 N–H and O–H groups in total. The molecule has 3 nitrogen and oxygen atoms in total. The summed E-state index contributed by atoms with van der Waals surface area (Å²) in [4.78, 5) is 5.68. The highest BCUT2D eigenvalue weighted by Gasteiger charge is 2.01. The van der Waals surface area contributed by atoms with E-state index in [9.17, 15) is 0 Å². The average Bonchev–Trinajstić information content (AvgIpc) is 2.36. The van der Waals surface area contributed by atoms with Gasteiger partial charge in [-0.3, -0.25) is 0 Å². The summed E-state index contributed by atoms with van der Waals surface area (Å²) >= 11 is 1.75.